The first kappa shape index (κ1) is 13.8. The van der Waals surface area contributed by atoms with Crippen molar-refractivity contribution in [1.29, 1.82) is 0 Å². The van der Waals surface area contributed by atoms with Gasteiger partial charge in [-0.15, -0.1) is 0 Å². The molecule has 0 aliphatic heterocycles. The first-order chi connectivity index (χ1) is 9.03. The van der Waals surface area contributed by atoms with Crippen molar-refractivity contribution in [1.82, 2.24) is 0 Å². The van der Waals surface area contributed by atoms with Crippen molar-refractivity contribution in [3.8, 4) is 0 Å². The fourth-order valence-corrected chi connectivity index (χ4v) is 2.69. The fraction of sp³-hybridized carbons (Fsp3) is 0.333. The van der Waals surface area contributed by atoms with E-state index in [-0.39, 0.29) is 0 Å². The quantitative estimate of drug-likeness (QED) is 0.869. The molecule has 1 N–H and O–H groups in total. The Hall–Kier alpha value is -1.60. The Bertz CT molecular complexity index is 525. The number of aliphatic hydroxyl groups is 1. The van der Waals surface area contributed by atoms with E-state index in [0.29, 0.717) is 12.8 Å². The van der Waals surface area contributed by atoms with Gasteiger partial charge in [0.2, 0.25) is 0 Å². The van der Waals surface area contributed by atoms with Crippen LogP contribution < -0.4 is 0 Å². The lowest BCUT2D eigenvalue weighted by atomic mass is 9.84. The minimum absolute atomic E-state index is 0.663. The number of hydrogen-bond acceptors (Lipinski definition) is 1. The minimum atomic E-state index is -0.776. The highest BCUT2D eigenvalue weighted by atomic mass is 16.3. The van der Waals surface area contributed by atoms with Crippen LogP contribution in [0, 0.1) is 13.8 Å². The molecule has 0 aromatic heterocycles. The normalized spacial score (nSPS) is 14.1. The maximum absolute atomic E-state index is 10.9. The number of aryl methyl sites for hydroxylation is 2. The third-order valence-corrected chi connectivity index (χ3v) is 3.67. The van der Waals surface area contributed by atoms with Crippen LogP contribution >= 0.6 is 0 Å². The van der Waals surface area contributed by atoms with Crippen molar-refractivity contribution in [3.05, 3.63) is 70.8 Å². The summed E-state index contributed by atoms with van der Waals surface area (Å²) in [5.74, 6) is 0. The van der Waals surface area contributed by atoms with E-state index in [1.807, 2.05) is 37.3 Å². The first-order valence-electron chi connectivity index (χ1n) is 6.88. The van der Waals surface area contributed by atoms with Crippen molar-refractivity contribution in [3.63, 3.8) is 0 Å². The van der Waals surface area contributed by atoms with E-state index in [9.17, 15) is 5.11 Å². The Morgan fingerprint density at radius 3 is 2.05 bits per heavy atom. The molecule has 0 radical (unpaired) electrons. The zero-order chi connectivity index (χ0) is 13.9. The number of hydrogen-bond donors (Lipinski definition) is 1. The third-order valence-electron chi connectivity index (χ3n) is 3.67. The van der Waals surface area contributed by atoms with Crippen LogP contribution in [0.4, 0.5) is 0 Å². The van der Waals surface area contributed by atoms with Crippen molar-refractivity contribution >= 4 is 0 Å². The molecule has 0 saturated heterocycles. The van der Waals surface area contributed by atoms with E-state index >= 15 is 0 Å². The highest BCUT2D eigenvalue weighted by molar-refractivity contribution is 5.32. The molecule has 0 fully saturated rings. The van der Waals surface area contributed by atoms with Gasteiger partial charge in [0.1, 0.15) is 0 Å². The molecule has 0 aliphatic rings. The Labute approximate surface area is 115 Å². The second-order valence-electron chi connectivity index (χ2n) is 5.42. The van der Waals surface area contributed by atoms with E-state index in [1.165, 1.54) is 16.7 Å². The summed E-state index contributed by atoms with van der Waals surface area (Å²) in [5, 5.41) is 10.9. The monoisotopic (exact) mass is 254 g/mol. The smallest absolute Gasteiger partial charge is 0.0934 e. The average Bonchev–Trinajstić information content (AvgIpc) is 2.38. The standard InChI is InChI=1S/C18H22O/c1-4-18(19,17-8-6-5-7-9-17)13-16-11-14(2)10-15(3)12-16/h5-12,19H,4,13H2,1-3H3. The van der Waals surface area contributed by atoms with Crippen LogP contribution in [0.2, 0.25) is 0 Å². The maximum Gasteiger partial charge on any atom is 0.0934 e. The van der Waals surface area contributed by atoms with Crippen LogP contribution in [0.15, 0.2) is 48.5 Å². The molecule has 2 aromatic rings. The summed E-state index contributed by atoms with van der Waals surface area (Å²) in [6.07, 6.45) is 1.38. The highest BCUT2D eigenvalue weighted by Crippen LogP contribution is 2.29. The largest absolute Gasteiger partial charge is 0.385 e. The number of rotatable bonds is 4. The fourth-order valence-electron chi connectivity index (χ4n) is 2.69. The van der Waals surface area contributed by atoms with Gasteiger partial charge in [0.25, 0.3) is 0 Å². The van der Waals surface area contributed by atoms with Gasteiger partial charge < -0.3 is 5.11 Å². The summed E-state index contributed by atoms with van der Waals surface area (Å²) in [6.45, 7) is 6.24. The van der Waals surface area contributed by atoms with Gasteiger partial charge in [-0.2, -0.15) is 0 Å². The van der Waals surface area contributed by atoms with Gasteiger partial charge in [0.05, 0.1) is 5.60 Å². The van der Waals surface area contributed by atoms with Crippen LogP contribution in [0.5, 0.6) is 0 Å². The van der Waals surface area contributed by atoms with E-state index < -0.39 is 5.60 Å². The second kappa shape index (κ2) is 5.58. The summed E-state index contributed by atoms with van der Waals surface area (Å²) in [7, 11) is 0. The molecule has 1 nitrogen and oxygen atoms in total. The van der Waals surface area contributed by atoms with Crippen molar-refractivity contribution in [2.75, 3.05) is 0 Å². The molecule has 19 heavy (non-hydrogen) atoms. The Morgan fingerprint density at radius 2 is 1.53 bits per heavy atom. The third kappa shape index (κ3) is 3.24. The summed E-state index contributed by atoms with van der Waals surface area (Å²) in [4.78, 5) is 0. The molecule has 0 aliphatic carbocycles. The van der Waals surface area contributed by atoms with Gasteiger partial charge in [-0.05, 0) is 31.4 Å². The highest BCUT2D eigenvalue weighted by Gasteiger charge is 2.27. The molecule has 0 bridgehead atoms. The molecule has 1 unspecified atom stereocenters. The van der Waals surface area contributed by atoms with Gasteiger partial charge in [0, 0.05) is 6.42 Å². The van der Waals surface area contributed by atoms with Crippen LogP contribution in [0.1, 0.15) is 35.6 Å². The lowest BCUT2D eigenvalue weighted by Gasteiger charge is -2.28. The van der Waals surface area contributed by atoms with Crippen LogP contribution in [-0.2, 0) is 12.0 Å². The topological polar surface area (TPSA) is 20.2 Å². The molecule has 1 atom stereocenters. The van der Waals surface area contributed by atoms with E-state index in [4.69, 9.17) is 0 Å². The minimum Gasteiger partial charge on any atom is -0.385 e. The zero-order valence-corrected chi connectivity index (χ0v) is 12.0. The Kier molecular flexibility index (Phi) is 4.06. The van der Waals surface area contributed by atoms with Gasteiger partial charge in [-0.3, -0.25) is 0 Å². The number of benzene rings is 2. The molecular weight excluding hydrogens is 232 g/mol. The van der Waals surface area contributed by atoms with Crippen molar-refractivity contribution in [2.24, 2.45) is 0 Å². The molecule has 0 heterocycles. The summed E-state index contributed by atoms with van der Waals surface area (Å²) in [6, 6.07) is 16.5. The van der Waals surface area contributed by atoms with E-state index in [0.717, 1.165) is 5.56 Å². The Balaban J connectivity index is 2.33. The van der Waals surface area contributed by atoms with Crippen molar-refractivity contribution in [2.45, 2.75) is 39.2 Å². The van der Waals surface area contributed by atoms with Crippen molar-refractivity contribution < 1.29 is 5.11 Å². The van der Waals surface area contributed by atoms with Gasteiger partial charge >= 0.3 is 0 Å². The molecular formula is C18H22O. The zero-order valence-electron chi connectivity index (χ0n) is 12.0. The predicted molar refractivity (Wildman–Crippen MR) is 80.2 cm³/mol. The molecule has 100 valence electrons. The SMILES string of the molecule is CCC(O)(Cc1cc(C)cc(C)c1)c1ccccc1. The van der Waals surface area contributed by atoms with Gasteiger partial charge in [-0.1, -0.05) is 66.6 Å². The Morgan fingerprint density at radius 1 is 0.947 bits per heavy atom. The molecule has 0 saturated carbocycles. The molecule has 0 amide bonds. The molecule has 2 aromatic carbocycles. The van der Waals surface area contributed by atoms with Crippen LogP contribution in [0.25, 0.3) is 0 Å². The second-order valence-corrected chi connectivity index (χ2v) is 5.42. The molecule has 0 spiro atoms. The molecule has 1 heteroatoms. The summed E-state index contributed by atoms with van der Waals surface area (Å²) >= 11 is 0. The maximum atomic E-state index is 10.9. The summed E-state index contributed by atoms with van der Waals surface area (Å²) < 4.78 is 0. The first-order valence-corrected chi connectivity index (χ1v) is 6.88. The summed E-state index contributed by atoms with van der Waals surface area (Å²) in [5.41, 5.74) is 3.92. The lowest BCUT2D eigenvalue weighted by Crippen LogP contribution is -2.27. The van der Waals surface area contributed by atoms with E-state index in [1.54, 1.807) is 0 Å². The van der Waals surface area contributed by atoms with Crippen LogP contribution in [0.3, 0.4) is 0 Å². The molecule has 2 rings (SSSR count). The lowest BCUT2D eigenvalue weighted by molar-refractivity contribution is 0.0327. The van der Waals surface area contributed by atoms with Gasteiger partial charge in [0.15, 0.2) is 0 Å². The van der Waals surface area contributed by atoms with Gasteiger partial charge in [-0.25, -0.2) is 0 Å². The van der Waals surface area contributed by atoms with E-state index in [2.05, 4.69) is 32.0 Å². The van der Waals surface area contributed by atoms with Crippen LogP contribution in [-0.4, -0.2) is 5.11 Å². The predicted octanol–water partition coefficient (Wildman–Crippen LogP) is 4.14. The average molecular weight is 254 g/mol.